The van der Waals surface area contributed by atoms with Gasteiger partial charge in [-0.15, -0.1) is 0 Å². The summed E-state index contributed by atoms with van der Waals surface area (Å²) in [6.45, 7) is 0. The van der Waals surface area contributed by atoms with Gasteiger partial charge in [0.2, 0.25) is 0 Å². The molecule has 0 atom stereocenters. The number of nitrogens with two attached hydrogens (primary N) is 1. The Morgan fingerprint density at radius 3 is 2.50 bits per heavy atom. The van der Waals surface area contributed by atoms with Gasteiger partial charge in [0.05, 0.1) is 0 Å². The number of benzene rings is 2. The molecule has 0 aliphatic rings. The molecule has 3 N–H and O–H groups in total. The van der Waals surface area contributed by atoms with Crippen molar-refractivity contribution in [3.8, 4) is 0 Å². The smallest absolute Gasteiger partial charge is 0.264 e. The van der Waals surface area contributed by atoms with Crippen molar-refractivity contribution >= 4 is 53.3 Å². The predicted octanol–water partition coefficient (Wildman–Crippen LogP) is 3.73. The van der Waals surface area contributed by atoms with Crippen LogP contribution in [0.3, 0.4) is 0 Å². The number of nitrogen functional groups attached to an aromatic ring is 1. The second-order valence-electron chi connectivity index (χ2n) is 3.92. The van der Waals surface area contributed by atoms with Crippen LogP contribution in [0.2, 0.25) is 0 Å². The Balaban J connectivity index is 2.43. The first-order valence-corrected chi connectivity index (χ1v) is 8.39. The van der Waals surface area contributed by atoms with Crippen LogP contribution in [-0.2, 0) is 10.0 Å². The van der Waals surface area contributed by atoms with Gasteiger partial charge in [-0.2, -0.15) is 0 Å². The molecular weight excluding hydrogens is 415 g/mol. The molecular formula is C12H9Br2FN2O2S. The molecule has 0 spiro atoms. The minimum Gasteiger partial charge on any atom is -0.398 e. The fourth-order valence-electron chi connectivity index (χ4n) is 1.51. The minimum atomic E-state index is -4.05. The highest BCUT2D eigenvalue weighted by atomic mass is 79.9. The van der Waals surface area contributed by atoms with Crippen molar-refractivity contribution in [2.24, 2.45) is 0 Å². The largest absolute Gasteiger partial charge is 0.398 e. The molecule has 0 radical (unpaired) electrons. The summed E-state index contributed by atoms with van der Waals surface area (Å²) in [4.78, 5) is -0.502. The van der Waals surface area contributed by atoms with E-state index in [2.05, 4.69) is 36.6 Å². The fraction of sp³-hybridized carbons (Fsp3) is 0. The fourth-order valence-corrected chi connectivity index (χ4v) is 3.37. The number of sulfonamides is 1. The van der Waals surface area contributed by atoms with Crippen molar-refractivity contribution in [2.75, 3.05) is 10.5 Å². The highest BCUT2D eigenvalue weighted by molar-refractivity contribution is 9.10. The Morgan fingerprint density at radius 1 is 1.15 bits per heavy atom. The van der Waals surface area contributed by atoms with E-state index in [1.54, 1.807) is 24.3 Å². The minimum absolute atomic E-state index is 0.140. The van der Waals surface area contributed by atoms with E-state index in [1.807, 2.05) is 0 Å². The summed E-state index contributed by atoms with van der Waals surface area (Å²) in [5.41, 5.74) is 6.05. The van der Waals surface area contributed by atoms with Gasteiger partial charge in [-0.1, -0.05) is 22.0 Å². The maximum atomic E-state index is 13.8. The number of hydrogen-bond acceptors (Lipinski definition) is 3. The van der Waals surface area contributed by atoms with Gasteiger partial charge in [0.1, 0.15) is 10.7 Å². The van der Waals surface area contributed by atoms with Crippen molar-refractivity contribution in [3.63, 3.8) is 0 Å². The number of hydrogen-bond donors (Lipinski definition) is 2. The van der Waals surface area contributed by atoms with Crippen LogP contribution in [0.4, 0.5) is 15.8 Å². The van der Waals surface area contributed by atoms with Crippen LogP contribution in [0.25, 0.3) is 0 Å². The second-order valence-corrected chi connectivity index (χ2v) is 7.34. The maximum absolute atomic E-state index is 13.8. The number of anilines is 2. The van der Waals surface area contributed by atoms with Crippen LogP contribution in [0.1, 0.15) is 0 Å². The van der Waals surface area contributed by atoms with Gasteiger partial charge in [0, 0.05) is 20.3 Å². The zero-order valence-corrected chi connectivity index (χ0v) is 13.9. The summed E-state index contributed by atoms with van der Waals surface area (Å²) in [6.07, 6.45) is 0. The van der Waals surface area contributed by atoms with E-state index < -0.39 is 20.7 Å². The molecule has 4 nitrogen and oxygen atoms in total. The van der Waals surface area contributed by atoms with Crippen LogP contribution in [0.15, 0.2) is 50.2 Å². The van der Waals surface area contributed by atoms with Gasteiger partial charge in [0.25, 0.3) is 10.0 Å². The summed E-state index contributed by atoms with van der Waals surface area (Å²) in [5.74, 6) is -0.881. The molecule has 0 aromatic heterocycles. The van der Waals surface area contributed by atoms with E-state index in [0.29, 0.717) is 14.6 Å². The SMILES string of the molecule is Nc1cc(S(=O)(=O)Nc2cccc(Br)c2)c(F)cc1Br. The monoisotopic (exact) mass is 422 g/mol. The molecule has 106 valence electrons. The van der Waals surface area contributed by atoms with Crippen molar-refractivity contribution in [2.45, 2.75) is 4.90 Å². The molecule has 0 saturated carbocycles. The lowest BCUT2D eigenvalue weighted by molar-refractivity contribution is 0.570. The molecule has 2 aromatic carbocycles. The predicted molar refractivity (Wildman–Crippen MR) is 83.5 cm³/mol. The molecule has 0 bridgehead atoms. The first-order chi connectivity index (χ1) is 9.29. The van der Waals surface area contributed by atoms with Gasteiger partial charge in [0.15, 0.2) is 0 Å². The molecule has 0 saturated heterocycles. The molecule has 20 heavy (non-hydrogen) atoms. The summed E-state index contributed by atoms with van der Waals surface area (Å²) >= 11 is 6.26. The van der Waals surface area contributed by atoms with Gasteiger partial charge in [-0.25, -0.2) is 12.8 Å². The zero-order valence-electron chi connectivity index (χ0n) is 9.90. The average molecular weight is 424 g/mol. The van der Waals surface area contributed by atoms with Crippen LogP contribution >= 0.6 is 31.9 Å². The third kappa shape index (κ3) is 3.31. The summed E-state index contributed by atoms with van der Waals surface area (Å²) in [5, 5.41) is 0. The number of nitrogens with one attached hydrogen (secondary N) is 1. The third-order valence-corrected chi connectivity index (χ3v) is 4.99. The summed E-state index contributed by atoms with van der Waals surface area (Å²) in [6, 6.07) is 8.62. The lowest BCUT2D eigenvalue weighted by Crippen LogP contribution is -2.15. The molecule has 2 rings (SSSR count). The Kier molecular flexibility index (Phi) is 4.36. The van der Waals surface area contributed by atoms with E-state index in [1.165, 1.54) is 0 Å². The quantitative estimate of drug-likeness (QED) is 0.738. The van der Waals surface area contributed by atoms with Crippen LogP contribution < -0.4 is 10.5 Å². The zero-order chi connectivity index (χ0) is 14.9. The number of rotatable bonds is 3. The second kappa shape index (κ2) is 5.71. The standard InChI is InChI=1S/C12H9Br2FN2O2S/c13-7-2-1-3-8(4-7)17-20(18,19)12-6-11(16)9(14)5-10(12)15/h1-6,17H,16H2. The topological polar surface area (TPSA) is 72.2 Å². The van der Waals surface area contributed by atoms with Gasteiger partial charge < -0.3 is 5.73 Å². The van der Waals surface area contributed by atoms with E-state index in [0.717, 1.165) is 12.1 Å². The van der Waals surface area contributed by atoms with Crippen LogP contribution in [0, 0.1) is 5.82 Å². The highest BCUT2D eigenvalue weighted by Gasteiger charge is 2.21. The molecule has 0 heterocycles. The van der Waals surface area contributed by atoms with Gasteiger partial charge in [-0.05, 0) is 46.3 Å². The van der Waals surface area contributed by atoms with Crippen LogP contribution in [0.5, 0.6) is 0 Å². The average Bonchev–Trinajstić information content (AvgIpc) is 2.33. The lowest BCUT2D eigenvalue weighted by Gasteiger charge is -2.10. The number of halogens is 3. The van der Waals surface area contributed by atoms with Gasteiger partial charge in [-0.3, -0.25) is 4.72 Å². The van der Waals surface area contributed by atoms with Crippen molar-refractivity contribution in [1.29, 1.82) is 0 Å². The molecule has 0 unspecified atom stereocenters. The molecule has 0 fully saturated rings. The third-order valence-electron chi connectivity index (χ3n) is 2.42. The first kappa shape index (κ1) is 15.3. The Labute approximate surface area is 132 Å². The first-order valence-electron chi connectivity index (χ1n) is 5.32. The summed E-state index contributed by atoms with van der Waals surface area (Å²) in [7, 11) is -4.05. The summed E-state index contributed by atoms with van der Waals surface area (Å²) < 4.78 is 41.4. The molecule has 0 aliphatic heterocycles. The highest BCUT2D eigenvalue weighted by Crippen LogP contribution is 2.27. The lowest BCUT2D eigenvalue weighted by atomic mass is 10.3. The molecule has 2 aromatic rings. The van der Waals surface area contributed by atoms with Crippen molar-refractivity contribution < 1.29 is 12.8 Å². The Morgan fingerprint density at radius 2 is 1.85 bits per heavy atom. The normalized spacial score (nSPS) is 11.3. The van der Waals surface area contributed by atoms with E-state index in [9.17, 15) is 12.8 Å². The van der Waals surface area contributed by atoms with E-state index >= 15 is 0 Å². The van der Waals surface area contributed by atoms with E-state index in [4.69, 9.17) is 5.73 Å². The Hall–Kier alpha value is -1.12. The van der Waals surface area contributed by atoms with Crippen molar-refractivity contribution in [1.82, 2.24) is 0 Å². The van der Waals surface area contributed by atoms with Crippen LogP contribution in [-0.4, -0.2) is 8.42 Å². The molecule has 8 heteroatoms. The van der Waals surface area contributed by atoms with Crippen molar-refractivity contribution in [3.05, 3.63) is 51.2 Å². The molecule has 0 aliphatic carbocycles. The molecule has 0 amide bonds. The van der Waals surface area contributed by atoms with Gasteiger partial charge >= 0.3 is 0 Å². The van der Waals surface area contributed by atoms with E-state index in [-0.39, 0.29) is 5.69 Å². The Bertz CT molecular complexity index is 766. The maximum Gasteiger partial charge on any atom is 0.264 e.